The van der Waals surface area contributed by atoms with Gasteiger partial charge in [0, 0.05) is 88.2 Å². The Bertz CT molecular complexity index is 4540. The Balaban J connectivity index is 0.000000133. The van der Waals surface area contributed by atoms with Gasteiger partial charge in [-0.05, 0) is 302 Å². The number of hydrogen-bond donors (Lipinski definition) is 8. The normalized spacial score (nSPS) is 25.5. The number of aliphatic hydroxyl groups is 2. The molecule has 4 saturated heterocycles. The van der Waals surface area contributed by atoms with Crippen molar-refractivity contribution in [2.24, 2.45) is 17.8 Å². The number of phenolic OH excluding ortho intramolecular Hbond substituents is 4. The highest BCUT2D eigenvalue weighted by atomic mass is 16.3. The summed E-state index contributed by atoms with van der Waals surface area (Å²) in [5.74, 6) is 3.14. The molecule has 16 heteroatoms. The minimum Gasteiger partial charge on any atom is -0.508 e. The average molecular weight is 1510 g/mol. The fourth-order valence-electron chi connectivity index (χ4n) is 21.5. The van der Waals surface area contributed by atoms with E-state index in [-0.39, 0.29) is 63.5 Å². The van der Waals surface area contributed by atoms with Crippen LogP contribution in [0.2, 0.25) is 0 Å². The van der Waals surface area contributed by atoms with E-state index in [1.54, 1.807) is 36.4 Å². The molecule has 1 amide bonds. The summed E-state index contributed by atoms with van der Waals surface area (Å²) in [5, 5.41) is 72.1. The topological polar surface area (TPSA) is 221 Å². The third-order valence-electron chi connectivity index (χ3n) is 27.7. The number of likely N-dealkylation sites (N-methyl/N-ethyl adjacent to an activating group) is 2. The van der Waals surface area contributed by atoms with Gasteiger partial charge in [-0.15, -0.1) is 0 Å². The van der Waals surface area contributed by atoms with Crippen LogP contribution in [0.15, 0.2) is 140 Å². The van der Waals surface area contributed by atoms with E-state index in [1.807, 2.05) is 66.4 Å². The standard InChI is InChI=1S/C28H39N3O3.C23H24N2O.C15H21NO2.C15H23NO.C14H20O2/c1-15(2)31(16(3)4)27(34)25-17(5)20-12-21-23-11-18-7-8-19(14-32)26(33)24(18)28(21,9-10-30(23)6)13-22(20)29-25;1-25-10-9-23(18-6-4-7-20(26)13-18)14-22-17(12-19(23)15-25)11-16-5-2-3-8-21(16)24-22;1-3-14(18)15(7-9-16(2)10-8-15)12-5-4-6-13(17)11-12;1-3-15(9-4-5-10-16(2)12-15)13-7-6-8-14(17)11-13;1-2-11-6-3-4-9-14(11,16)12-7-5-8-13(15)10-12/h7-8,15-16,21,23,29,32-33H,9-14H2,1-6H3;2-8,11,13,19,26H,9-10,12,14-15H2,1H3;4-6,11,17H,3,7-10H2,1-2H3;6-8,11,17H,3-5,9-10,12H2,1-2H3;5,7-8,10-11,15-16H,2-4,6,9H2,1H3/t21-,23+,28-;19-,23+;;;11-,14+/m01..0/s1. The van der Waals surface area contributed by atoms with Crippen LogP contribution in [0.3, 0.4) is 0 Å². The number of H-pyrrole nitrogens is 1. The maximum atomic E-state index is 13.6. The number of aliphatic hydroxyl groups excluding tert-OH is 1. The van der Waals surface area contributed by atoms with Crippen LogP contribution in [0.4, 0.5) is 0 Å². The molecule has 6 aromatic carbocycles. The maximum absolute atomic E-state index is 13.6. The lowest BCUT2D eigenvalue weighted by Crippen LogP contribution is -2.61. The zero-order valence-electron chi connectivity index (χ0n) is 68.5. The summed E-state index contributed by atoms with van der Waals surface area (Å²) >= 11 is 0. The lowest BCUT2D eigenvalue weighted by atomic mass is 9.52. The quantitative estimate of drug-likeness (QED) is 0.0571. The number of nitrogens with zero attached hydrogens (tertiary/aromatic N) is 6. The molecule has 111 heavy (non-hydrogen) atoms. The molecule has 0 radical (unpaired) electrons. The largest absolute Gasteiger partial charge is 0.508 e. The lowest BCUT2D eigenvalue weighted by Gasteiger charge is -2.58. The number of phenols is 5. The van der Waals surface area contributed by atoms with Crippen LogP contribution in [-0.2, 0) is 70.8 Å². The second kappa shape index (κ2) is 34.7. The van der Waals surface area contributed by atoms with Gasteiger partial charge >= 0.3 is 0 Å². The van der Waals surface area contributed by atoms with Crippen molar-refractivity contribution < 1.29 is 45.3 Å². The van der Waals surface area contributed by atoms with Crippen LogP contribution in [0, 0.1) is 24.7 Å². The van der Waals surface area contributed by atoms with Gasteiger partial charge in [-0.3, -0.25) is 14.6 Å². The zero-order chi connectivity index (χ0) is 79.3. The predicted octanol–water partition coefficient (Wildman–Crippen LogP) is 16.3. The maximum Gasteiger partial charge on any atom is 0.271 e. The second-order valence-corrected chi connectivity index (χ2v) is 34.9. The van der Waals surface area contributed by atoms with Crippen molar-refractivity contribution in [2.45, 2.75) is 229 Å². The smallest absolute Gasteiger partial charge is 0.271 e. The van der Waals surface area contributed by atoms with Crippen molar-refractivity contribution >= 4 is 22.6 Å². The van der Waals surface area contributed by atoms with E-state index in [4.69, 9.17) is 4.98 Å². The molecule has 8 N–H and O–H groups in total. The molecule has 5 fully saturated rings. The minimum atomic E-state index is -0.730. The molecule has 4 aliphatic carbocycles. The number of Topliss-reactive ketones (excluding diaryl/α,β-unsaturated/α-hetero) is 1. The van der Waals surface area contributed by atoms with Gasteiger partial charge in [0.2, 0.25) is 0 Å². The molecule has 2 aromatic heterocycles. The number of carbonyl (C=O) groups excluding carboxylic acids is 2. The molecule has 1 saturated carbocycles. The number of benzene rings is 6. The molecule has 8 aliphatic rings. The number of carbonyl (C=O) groups is 2. The predicted molar refractivity (Wildman–Crippen MR) is 445 cm³/mol. The Kier molecular flexibility index (Phi) is 25.8. The summed E-state index contributed by atoms with van der Waals surface area (Å²) in [6, 6.07) is 45.5. The Morgan fingerprint density at radius 2 is 1.22 bits per heavy atom. The van der Waals surface area contributed by atoms with Crippen molar-refractivity contribution in [1.82, 2.24) is 34.5 Å². The number of hydrogen-bond acceptors (Lipinski definition) is 14. The monoisotopic (exact) mass is 1510 g/mol. The number of aromatic amines is 1. The van der Waals surface area contributed by atoms with Crippen LogP contribution in [-0.4, -0.2) is 174 Å². The summed E-state index contributed by atoms with van der Waals surface area (Å²) in [7, 11) is 8.74. The number of likely N-dealkylation sites (tertiary alicyclic amines) is 4. The van der Waals surface area contributed by atoms with Crippen LogP contribution in [0.5, 0.6) is 28.7 Å². The number of aromatic nitrogens is 2. The molecule has 6 heterocycles. The van der Waals surface area contributed by atoms with E-state index in [0.29, 0.717) is 53.1 Å². The van der Waals surface area contributed by atoms with Gasteiger partial charge < -0.3 is 65.2 Å². The fraction of sp³-hybridized carbons (Fsp3) is 0.526. The summed E-state index contributed by atoms with van der Waals surface area (Å²) in [6.45, 7) is 23.9. The Labute approximate surface area is 661 Å². The highest BCUT2D eigenvalue weighted by Crippen LogP contribution is 2.58. The van der Waals surface area contributed by atoms with E-state index in [2.05, 4.69) is 150 Å². The van der Waals surface area contributed by atoms with Gasteiger partial charge in [-0.1, -0.05) is 125 Å². The highest BCUT2D eigenvalue weighted by molar-refractivity contribution is 5.95. The number of aromatic hydroxyl groups is 5. The first kappa shape index (κ1) is 82.4. The van der Waals surface area contributed by atoms with Crippen molar-refractivity contribution in [1.29, 1.82) is 0 Å². The number of fused-ring (bicyclic) bond motifs is 5. The molecule has 1 unspecified atom stereocenters. The molecule has 16 rings (SSSR count). The van der Waals surface area contributed by atoms with Gasteiger partial charge in [-0.2, -0.15) is 0 Å². The van der Waals surface area contributed by atoms with Gasteiger partial charge in [0.25, 0.3) is 5.91 Å². The third kappa shape index (κ3) is 16.8. The van der Waals surface area contributed by atoms with Crippen LogP contribution in [0.1, 0.15) is 216 Å². The van der Waals surface area contributed by atoms with Gasteiger partial charge in [0.15, 0.2) is 0 Å². The number of amides is 1. The molecule has 8 atom stereocenters. The molecule has 8 aromatic rings. The van der Waals surface area contributed by atoms with E-state index in [9.17, 15) is 45.3 Å². The highest BCUT2D eigenvalue weighted by Gasteiger charge is 2.57. The van der Waals surface area contributed by atoms with Crippen LogP contribution in [0.25, 0.3) is 10.9 Å². The molecule has 0 spiro atoms. The van der Waals surface area contributed by atoms with Crippen molar-refractivity contribution in [2.75, 3.05) is 74.0 Å². The fourth-order valence-corrected chi connectivity index (χ4v) is 21.5. The average Bonchev–Trinajstić information content (AvgIpc) is 1.69. The van der Waals surface area contributed by atoms with E-state index >= 15 is 0 Å². The van der Waals surface area contributed by atoms with E-state index in [1.165, 1.54) is 71.1 Å². The SMILES string of the molecule is CCC(=O)C1(c2cccc(O)c2)CCN(C)CC1.CCC1(c2cccc(O)c2)CCCCN(C)C1.CC[C@H]1CCCC[C@]1(O)c1cccc(O)c1.CN1CC[C@@]2(c3cccc(O)c3)Cc3nc4ccccc4cc3C[C@@H]2C1.Cc1c(C(=O)N(C(C)C)C(C)C)[nH]c2c1C[C@H]1[C@H]3Cc4ccc(CO)c(O)c4[C@@]1(CCN3C)C2. The van der Waals surface area contributed by atoms with Gasteiger partial charge in [0.05, 0.1) is 23.1 Å². The number of rotatable bonds is 12. The van der Waals surface area contributed by atoms with E-state index < -0.39 is 5.60 Å². The first-order chi connectivity index (χ1) is 53.1. The minimum absolute atomic E-state index is 0.0725. The Morgan fingerprint density at radius 3 is 1.86 bits per heavy atom. The zero-order valence-corrected chi connectivity index (χ0v) is 68.5. The molecule has 596 valence electrons. The number of ketones is 1. The summed E-state index contributed by atoms with van der Waals surface area (Å²) in [6.07, 6.45) is 19.1. The van der Waals surface area contributed by atoms with Crippen molar-refractivity contribution in [3.63, 3.8) is 0 Å². The van der Waals surface area contributed by atoms with Gasteiger partial charge in [-0.25, -0.2) is 0 Å². The number of piperidine rings is 3. The van der Waals surface area contributed by atoms with Gasteiger partial charge in [0.1, 0.15) is 40.2 Å². The summed E-state index contributed by atoms with van der Waals surface area (Å²) < 4.78 is 0. The summed E-state index contributed by atoms with van der Waals surface area (Å²) in [4.78, 5) is 46.2. The second-order valence-electron chi connectivity index (χ2n) is 34.9. The summed E-state index contributed by atoms with van der Waals surface area (Å²) in [5.41, 5.74) is 14.3. The van der Waals surface area contributed by atoms with E-state index in [0.717, 1.165) is 168 Å². The lowest BCUT2D eigenvalue weighted by molar-refractivity contribution is -0.126. The molecule has 2 bridgehead atoms. The number of nitrogens with one attached hydrogen (secondary N) is 1. The first-order valence-corrected chi connectivity index (χ1v) is 41.7. The molecular formula is C95H127N7O9. The third-order valence-corrected chi connectivity index (χ3v) is 27.7. The van der Waals surface area contributed by atoms with Crippen LogP contribution >= 0.6 is 0 Å². The van der Waals surface area contributed by atoms with Crippen LogP contribution < -0.4 is 0 Å². The number of para-hydroxylation sites is 1. The first-order valence-electron chi connectivity index (χ1n) is 41.7. The van der Waals surface area contributed by atoms with Crippen molar-refractivity contribution in [3.8, 4) is 28.7 Å². The van der Waals surface area contributed by atoms with Crippen molar-refractivity contribution in [3.05, 3.63) is 212 Å². The Hall–Kier alpha value is -8.09. The molecule has 4 aliphatic heterocycles. The Morgan fingerprint density at radius 1 is 0.604 bits per heavy atom. The molecular weight excluding hydrogens is 1380 g/mol. The number of pyridine rings is 1. The molecule has 16 nitrogen and oxygen atoms in total.